The molecule has 8 heterocycles. The summed E-state index contributed by atoms with van der Waals surface area (Å²) in [6.45, 7) is 15.2. The summed E-state index contributed by atoms with van der Waals surface area (Å²) in [5, 5.41) is 19.1. The van der Waals surface area contributed by atoms with E-state index in [9.17, 15) is 0 Å². The van der Waals surface area contributed by atoms with Gasteiger partial charge in [0.25, 0.3) is 0 Å². The molecule has 0 saturated heterocycles. The van der Waals surface area contributed by atoms with E-state index in [1.807, 2.05) is 61.0 Å². The van der Waals surface area contributed by atoms with Gasteiger partial charge in [-0.05, 0) is 198 Å². The van der Waals surface area contributed by atoms with Crippen LogP contribution in [-0.4, -0.2) is 0 Å². The number of hydrogen-bond acceptors (Lipinski definition) is 4. The molecule has 8 nitrogen and oxygen atoms in total. The van der Waals surface area contributed by atoms with E-state index < -0.39 is 18.6 Å². The van der Waals surface area contributed by atoms with E-state index in [4.69, 9.17) is 24.5 Å². The van der Waals surface area contributed by atoms with Crippen molar-refractivity contribution in [3.05, 3.63) is 311 Å². The van der Waals surface area contributed by atoms with Gasteiger partial charge in [0.2, 0.25) is 22.8 Å². The van der Waals surface area contributed by atoms with Crippen LogP contribution in [0.25, 0.3) is 176 Å². The maximum Gasteiger partial charge on any atom is 0.216 e. The quantitative estimate of drug-likeness (QED) is 0.156. The Labute approximate surface area is 691 Å². The molecular formula is C109H102N4O4+4. The molecule has 20 aromatic rings. The predicted molar refractivity (Wildman–Crippen MR) is 486 cm³/mol. The highest BCUT2D eigenvalue weighted by atomic mass is 16.3. The molecule has 0 spiro atoms. The minimum atomic E-state index is -2.15. The molecular weight excluding hydrogens is 1430 g/mol. The van der Waals surface area contributed by atoms with Crippen LogP contribution in [0, 0.1) is 41.5 Å². The molecule has 8 aromatic heterocycles. The molecule has 2 aliphatic rings. The molecule has 8 heteroatoms. The van der Waals surface area contributed by atoms with Gasteiger partial charge in [0, 0.05) is 96.5 Å². The van der Waals surface area contributed by atoms with Crippen LogP contribution in [0.1, 0.15) is 147 Å². The molecule has 2 saturated carbocycles. The first-order valence-corrected chi connectivity index (χ1v) is 41.6. The third-order valence-electron chi connectivity index (χ3n) is 25.4. The summed E-state index contributed by atoms with van der Waals surface area (Å²) in [5.41, 5.74) is 25.8. The van der Waals surface area contributed by atoms with Crippen molar-refractivity contribution >= 4 is 131 Å². The fourth-order valence-corrected chi connectivity index (χ4v) is 19.3. The number of benzene rings is 12. The summed E-state index contributed by atoms with van der Waals surface area (Å²) >= 11 is 0. The Bertz CT molecular complexity index is 7630. The largest absolute Gasteiger partial charge is 0.455 e. The fraction of sp³-hybridized carbons (Fsp3) is 0.229. The van der Waals surface area contributed by atoms with Gasteiger partial charge < -0.3 is 17.7 Å². The molecule has 0 N–H and O–H groups in total. The van der Waals surface area contributed by atoms with Crippen LogP contribution in [0.15, 0.2) is 279 Å². The molecule has 0 bridgehead atoms. The lowest BCUT2D eigenvalue weighted by atomic mass is 9.84. The molecule has 2 fully saturated rings. The zero-order valence-electron chi connectivity index (χ0n) is 74.1. The van der Waals surface area contributed by atoms with E-state index in [-0.39, 0.29) is 5.41 Å². The van der Waals surface area contributed by atoms with Crippen LogP contribution in [0.3, 0.4) is 0 Å². The summed E-state index contributed by atoms with van der Waals surface area (Å²) in [4.78, 5) is 0. The fourth-order valence-electron chi connectivity index (χ4n) is 19.3. The molecule has 0 amide bonds. The van der Waals surface area contributed by atoms with Crippen LogP contribution in [0.4, 0.5) is 0 Å². The van der Waals surface area contributed by atoms with Gasteiger partial charge in [-0.3, -0.25) is 0 Å². The van der Waals surface area contributed by atoms with Crippen molar-refractivity contribution < 1.29 is 42.8 Å². The van der Waals surface area contributed by atoms with Gasteiger partial charge in [-0.2, -0.15) is 0 Å². The van der Waals surface area contributed by atoms with Gasteiger partial charge in [0.15, 0.2) is 24.8 Å². The number of rotatable bonds is 6. The van der Waals surface area contributed by atoms with Crippen molar-refractivity contribution in [2.45, 2.75) is 137 Å². The van der Waals surface area contributed by atoms with Crippen LogP contribution in [0.2, 0.25) is 0 Å². The molecule has 117 heavy (non-hydrogen) atoms. The maximum absolute atomic E-state index is 9.06. The van der Waals surface area contributed by atoms with Crippen LogP contribution in [-0.2, 0) is 33.6 Å². The standard InChI is InChI=1S/C29H28NO.C28H26NO.C27H26NO.C25H22NO/c1-19-22-12-6-7-13-23(22)28-24-14-8-9-15-26(24)31-29(28)27(19)25-17-16-21(18-30(25)2)20-10-4-3-5-11-20;1-18-21-11-5-6-12-22(21)27-23-13-7-8-14-25(23)30-28(27)26(18)24-16-15-20(17-29(24)2)19-9-3-4-10-19;1-17-19-10-6-7-11-20(19)25-21-12-8-9-13-23(21)29-26(25)24(17)22-15-14-18(16-28(22)5)27(2,3)4;1-15-13-21(26(4)14-16(15)2)23-17(3)18-9-5-6-10-19(18)24-20-11-7-8-12-22(20)27-25(23)24/h6-9,12-18,20H,3-5,10-11H2,1-2H3;5-8,11-17,19H,3-4,9-10H2,1-2H3;6-16H,1-5H3;5-14H,1-4H3/q4*+1/i20D;19D;;2D3. The highest BCUT2D eigenvalue weighted by molar-refractivity contribution is 6.27. The molecule has 0 radical (unpaired) electrons. The second-order valence-corrected chi connectivity index (χ2v) is 33.7. The third kappa shape index (κ3) is 12.9. The Morgan fingerprint density at radius 3 is 0.880 bits per heavy atom. The summed E-state index contributed by atoms with van der Waals surface area (Å²) in [7, 11) is 8.23. The maximum atomic E-state index is 9.06. The van der Waals surface area contributed by atoms with Crippen molar-refractivity contribution in [1.29, 1.82) is 0 Å². The Morgan fingerprint density at radius 1 is 0.299 bits per heavy atom. The molecule has 22 rings (SSSR count). The van der Waals surface area contributed by atoms with Gasteiger partial charge in [0.05, 0.1) is 22.3 Å². The Morgan fingerprint density at radius 2 is 0.573 bits per heavy atom. The Kier molecular flexibility index (Phi) is 17.6. The normalized spacial score (nSPS) is 14.9. The van der Waals surface area contributed by atoms with Crippen LogP contribution < -0.4 is 18.3 Å². The van der Waals surface area contributed by atoms with Crippen molar-refractivity contribution in [1.82, 2.24) is 0 Å². The summed E-state index contributed by atoms with van der Waals surface area (Å²) < 4.78 is 75.9. The zero-order valence-corrected chi connectivity index (χ0v) is 69.1. The lowest BCUT2D eigenvalue weighted by Gasteiger charge is -2.21. The first-order valence-electron chi connectivity index (χ1n) is 44.1. The van der Waals surface area contributed by atoms with Crippen LogP contribution >= 0.6 is 0 Å². The number of hydrogen-bond donors (Lipinski definition) is 0. The van der Waals surface area contributed by atoms with E-state index >= 15 is 0 Å². The molecule has 0 aliphatic heterocycles. The SMILES string of the molecule is Cc1c(-c2ccc(C(C)(C)C)c[n+]2C)c2oc3ccccc3c2c2ccccc12.[2H]C([2H])([2H])c1c[n+](C)c(-c2c(C)c3ccccc3c3c2oc2ccccc23)cc1C.[2H]C1(c2ccc(-c3c(C)c4ccccc4c4c3oc3ccccc34)[n+](C)c2)CCCC1.[2H]C1(c2ccc(-c3c(C)c4ccccc4c4c3oc3ccccc34)[n+](C)c2)CCCCC1. The molecule has 0 atom stereocenters. The number of aryl methyl sites for hydroxylation is 10. The highest BCUT2D eigenvalue weighted by Crippen LogP contribution is 2.49. The zero-order chi connectivity index (χ0) is 84.6. The highest BCUT2D eigenvalue weighted by Gasteiger charge is 2.32. The Hall–Kier alpha value is -12.5. The monoisotopic (exact) mass is 1540 g/mol. The molecule has 0 unspecified atom stereocenters. The molecule has 578 valence electrons. The number of nitrogens with zero attached hydrogens (tertiary/aromatic N) is 4. The lowest BCUT2D eigenvalue weighted by Crippen LogP contribution is -2.33. The van der Waals surface area contributed by atoms with Gasteiger partial charge in [-0.1, -0.05) is 223 Å². The summed E-state index contributed by atoms with van der Waals surface area (Å²) in [5.74, 6) is -0.898. The van der Waals surface area contributed by atoms with E-state index in [1.165, 1.54) is 99.2 Å². The number of aromatic nitrogens is 4. The lowest BCUT2D eigenvalue weighted by molar-refractivity contribution is -0.661. The predicted octanol–water partition coefficient (Wildman–Crippen LogP) is 27.8. The minimum absolute atomic E-state index is 0.114. The first-order chi connectivity index (χ1) is 58.8. The van der Waals surface area contributed by atoms with E-state index in [2.05, 4.69) is 296 Å². The van der Waals surface area contributed by atoms with Crippen molar-refractivity contribution in [2.75, 3.05) is 0 Å². The number of pyridine rings is 4. The number of furan rings is 4. The van der Waals surface area contributed by atoms with E-state index in [1.54, 1.807) is 6.20 Å². The van der Waals surface area contributed by atoms with Crippen molar-refractivity contribution in [3.8, 4) is 45.0 Å². The average molecular weight is 1540 g/mol. The van der Waals surface area contributed by atoms with Gasteiger partial charge in [-0.25, -0.2) is 18.3 Å². The van der Waals surface area contributed by atoms with E-state index in [0.717, 1.165) is 179 Å². The molecule has 2 aliphatic carbocycles. The summed E-state index contributed by atoms with van der Waals surface area (Å²) in [6, 6.07) is 82.6. The summed E-state index contributed by atoms with van der Waals surface area (Å²) in [6.07, 6.45) is 18.0. The average Bonchev–Trinajstić information content (AvgIpc) is 1.55. The van der Waals surface area contributed by atoms with Crippen LogP contribution in [0.5, 0.6) is 0 Å². The van der Waals surface area contributed by atoms with Gasteiger partial charge in [-0.15, -0.1) is 0 Å². The van der Waals surface area contributed by atoms with Gasteiger partial charge >= 0.3 is 0 Å². The minimum Gasteiger partial charge on any atom is -0.455 e. The number of para-hydroxylation sites is 4. The topological polar surface area (TPSA) is 68.1 Å². The third-order valence-corrected chi connectivity index (χ3v) is 25.4. The first kappa shape index (κ1) is 68.8. The second kappa shape index (κ2) is 30.0. The Balaban J connectivity index is 0.000000107. The van der Waals surface area contributed by atoms with Gasteiger partial charge in [0.1, 0.15) is 72.9 Å². The number of fused-ring (bicyclic) bond motifs is 20. The molecule has 12 aromatic carbocycles. The van der Waals surface area contributed by atoms with Crippen molar-refractivity contribution in [2.24, 2.45) is 28.2 Å². The van der Waals surface area contributed by atoms with E-state index in [0.29, 0.717) is 5.56 Å². The smallest absolute Gasteiger partial charge is 0.216 e. The second-order valence-electron chi connectivity index (χ2n) is 33.7. The van der Waals surface area contributed by atoms with Crippen molar-refractivity contribution in [3.63, 3.8) is 0 Å².